The highest BCUT2D eigenvalue weighted by Gasteiger charge is 2.23. The van der Waals surface area contributed by atoms with E-state index in [-0.39, 0.29) is 13.2 Å². The second kappa shape index (κ2) is 7.30. The maximum atomic E-state index is 9.49. The van der Waals surface area contributed by atoms with Crippen molar-refractivity contribution in [2.24, 2.45) is 0 Å². The molecule has 3 nitrogen and oxygen atoms in total. The average Bonchev–Trinajstić information content (AvgIpc) is 2.17. The topological polar surface area (TPSA) is 60.7 Å². The zero-order valence-corrected chi connectivity index (χ0v) is 8.50. The van der Waals surface area contributed by atoms with Crippen molar-refractivity contribution in [2.45, 2.75) is 51.0 Å². The first-order valence-electron chi connectivity index (χ1n) is 5.12. The molecular formula is C10H22O3. The van der Waals surface area contributed by atoms with Gasteiger partial charge in [-0.05, 0) is 6.42 Å². The van der Waals surface area contributed by atoms with Gasteiger partial charge in [-0.1, -0.05) is 39.0 Å². The van der Waals surface area contributed by atoms with Crippen LogP contribution in [0, 0.1) is 0 Å². The van der Waals surface area contributed by atoms with Crippen molar-refractivity contribution in [1.29, 1.82) is 0 Å². The van der Waals surface area contributed by atoms with Crippen molar-refractivity contribution in [1.82, 2.24) is 0 Å². The van der Waals surface area contributed by atoms with Crippen molar-refractivity contribution in [3.8, 4) is 0 Å². The third kappa shape index (κ3) is 6.02. The van der Waals surface area contributed by atoms with Crippen molar-refractivity contribution in [2.75, 3.05) is 13.2 Å². The van der Waals surface area contributed by atoms with Gasteiger partial charge in [0.1, 0.15) is 5.60 Å². The number of rotatable bonds is 8. The fourth-order valence-electron chi connectivity index (χ4n) is 1.27. The largest absolute Gasteiger partial charge is 0.393 e. The molecule has 13 heavy (non-hydrogen) atoms. The third-order valence-corrected chi connectivity index (χ3v) is 2.33. The monoisotopic (exact) mass is 190 g/mol. The van der Waals surface area contributed by atoms with E-state index in [1.54, 1.807) is 0 Å². The van der Waals surface area contributed by atoms with Crippen molar-refractivity contribution >= 4 is 0 Å². The van der Waals surface area contributed by atoms with E-state index in [0.29, 0.717) is 6.42 Å². The summed E-state index contributed by atoms with van der Waals surface area (Å²) >= 11 is 0. The minimum Gasteiger partial charge on any atom is -0.393 e. The molecule has 0 saturated carbocycles. The van der Waals surface area contributed by atoms with E-state index in [4.69, 9.17) is 10.2 Å². The fourth-order valence-corrected chi connectivity index (χ4v) is 1.27. The Hall–Kier alpha value is -0.120. The summed E-state index contributed by atoms with van der Waals surface area (Å²) in [7, 11) is 0. The Morgan fingerprint density at radius 3 is 1.92 bits per heavy atom. The molecule has 0 rings (SSSR count). The average molecular weight is 190 g/mol. The third-order valence-electron chi connectivity index (χ3n) is 2.33. The Labute approximate surface area is 80.4 Å². The van der Waals surface area contributed by atoms with Crippen LogP contribution in [-0.4, -0.2) is 34.1 Å². The second-order valence-electron chi connectivity index (χ2n) is 3.70. The lowest BCUT2D eigenvalue weighted by molar-refractivity contribution is -0.0616. The van der Waals surface area contributed by atoms with Crippen LogP contribution in [0.3, 0.4) is 0 Å². The maximum absolute atomic E-state index is 9.49. The zero-order chi connectivity index (χ0) is 10.2. The van der Waals surface area contributed by atoms with Crippen LogP contribution in [0.5, 0.6) is 0 Å². The minimum absolute atomic E-state index is 0.350. The predicted molar refractivity (Wildman–Crippen MR) is 52.5 cm³/mol. The quantitative estimate of drug-likeness (QED) is 0.502. The molecule has 3 heteroatoms. The first-order valence-corrected chi connectivity index (χ1v) is 5.12. The molecule has 3 N–H and O–H groups in total. The maximum Gasteiger partial charge on any atom is 0.111 e. The highest BCUT2D eigenvalue weighted by Crippen LogP contribution is 2.14. The number of aliphatic hydroxyl groups is 3. The van der Waals surface area contributed by atoms with Crippen LogP contribution in [0.1, 0.15) is 45.4 Å². The highest BCUT2D eigenvalue weighted by molar-refractivity contribution is 4.75. The molecule has 0 saturated heterocycles. The molecule has 0 aliphatic heterocycles. The number of unbranched alkanes of at least 4 members (excludes halogenated alkanes) is 4. The van der Waals surface area contributed by atoms with Crippen LogP contribution >= 0.6 is 0 Å². The molecule has 0 aromatic heterocycles. The molecule has 0 bridgehead atoms. The Morgan fingerprint density at radius 2 is 1.46 bits per heavy atom. The van der Waals surface area contributed by atoms with Gasteiger partial charge in [-0.15, -0.1) is 0 Å². The summed E-state index contributed by atoms with van der Waals surface area (Å²) in [5.74, 6) is 0. The summed E-state index contributed by atoms with van der Waals surface area (Å²) in [6.45, 7) is 1.45. The van der Waals surface area contributed by atoms with Gasteiger partial charge >= 0.3 is 0 Å². The van der Waals surface area contributed by atoms with E-state index in [1.165, 1.54) is 19.3 Å². The Morgan fingerprint density at radius 1 is 0.923 bits per heavy atom. The molecule has 0 aromatic rings. The normalized spacial score (nSPS) is 12.0. The molecule has 0 aliphatic rings. The molecule has 0 unspecified atom stereocenters. The number of hydrogen-bond acceptors (Lipinski definition) is 3. The SMILES string of the molecule is CCCCCCCC(O)(CO)CO. The molecule has 0 heterocycles. The predicted octanol–water partition coefficient (Wildman–Crippen LogP) is 1.06. The molecule has 0 spiro atoms. The van der Waals surface area contributed by atoms with Crippen LogP contribution in [0.25, 0.3) is 0 Å². The number of hydrogen-bond donors (Lipinski definition) is 3. The molecular weight excluding hydrogens is 168 g/mol. The van der Waals surface area contributed by atoms with Crippen molar-refractivity contribution < 1.29 is 15.3 Å². The molecule has 80 valence electrons. The second-order valence-corrected chi connectivity index (χ2v) is 3.70. The van der Waals surface area contributed by atoms with E-state index < -0.39 is 5.60 Å². The molecule has 0 aliphatic carbocycles. The van der Waals surface area contributed by atoms with Gasteiger partial charge in [0.15, 0.2) is 0 Å². The van der Waals surface area contributed by atoms with Crippen molar-refractivity contribution in [3.05, 3.63) is 0 Å². The Kier molecular flexibility index (Phi) is 7.23. The standard InChI is InChI=1S/C10H22O3/c1-2-3-4-5-6-7-10(13,8-11)9-12/h11-13H,2-9H2,1H3. The van der Waals surface area contributed by atoms with Gasteiger partial charge < -0.3 is 15.3 Å². The van der Waals surface area contributed by atoms with E-state index >= 15 is 0 Å². The smallest absolute Gasteiger partial charge is 0.111 e. The van der Waals surface area contributed by atoms with Gasteiger partial charge in [-0.25, -0.2) is 0 Å². The summed E-state index contributed by atoms with van der Waals surface area (Å²) in [6, 6.07) is 0. The lowest BCUT2D eigenvalue weighted by Crippen LogP contribution is -2.37. The van der Waals surface area contributed by atoms with Gasteiger partial charge in [-0.3, -0.25) is 0 Å². The van der Waals surface area contributed by atoms with Gasteiger partial charge in [-0.2, -0.15) is 0 Å². The minimum atomic E-state index is -1.26. The van der Waals surface area contributed by atoms with E-state index in [2.05, 4.69) is 6.92 Å². The summed E-state index contributed by atoms with van der Waals surface area (Å²) in [5, 5.41) is 27.0. The van der Waals surface area contributed by atoms with E-state index in [1.807, 2.05) is 0 Å². The van der Waals surface area contributed by atoms with Gasteiger partial charge in [0.2, 0.25) is 0 Å². The molecule has 0 atom stereocenters. The summed E-state index contributed by atoms with van der Waals surface area (Å²) in [4.78, 5) is 0. The first kappa shape index (κ1) is 12.9. The van der Waals surface area contributed by atoms with Crippen molar-refractivity contribution in [3.63, 3.8) is 0 Å². The van der Waals surface area contributed by atoms with E-state index in [0.717, 1.165) is 12.8 Å². The van der Waals surface area contributed by atoms with Crippen LogP contribution in [0.2, 0.25) is 0 Å². The lowest BCUT2D eigenvalue weighted by Gasteiger charge is -2.22. The van der Waals surface area contributed by atoms with E-state index in [9.17, 15) is 5.11 Å². The molecule has 0 fully saturated rings. The Bertz CT molecular complexity index is 111. The summed E-state index contributed by atoms with van der Waals surface area (Å²) in [5.41, 5.74) is -1.26. The molecule has 0 radical (unpaired) electrons. The lowest BCUT2D eigenvalue weighted by atomic mass is 9.97. The zero-order valence-electron chi connectivity index (χ0n) is 8.50. The molecule has 0 amide bonds. The molecule has 0 aromatic carbocycles. The van der Waals surface area contributed by atoms with Crippen LogP contribution in [-0.2, 0) is 0 Å². The van der Waals surface area contributed by atoms with Crippen LogP contribution in [0.4, 0.5) is 0 Å². The van der Waals surface area contributed by atoms with Gasteiger partial charge in [0.25, 0.3) is 0 Å². The summed E-state index contributed by atoms with van der Waals surface area (Å²) in [6.07, 6.45) is 6.02. The van der Waals surface area contributed by atoms with Crippen LogP contribution in [0.15, 0.2) is 0 Å². The van der Waals surface area contributed by atoms with Crippen LogP contribution < -0.4 is 0 Å². The summed E-state index contributed by atoms with van der Waals surface area (Å²) < 4.78 is 0. The highest BCUT2D eigenvalue weighted by atomic mass is 16.4. The number of aliphatic hydroxyl groups excluding tert-OH is 2. The fraction of sp³-hybridized carbons (Fsp3) is 1.00. The van der Waals surface area contributed by atoms with Gasteiger partial charge in [0, 0.05) is 0 Å². The Balaban J connectivity index is 3.39. The first-order chi connectivity index (χ1) is 6.18. The van der Waals surface area contributed by atoms with Gasteiger partial charge in [0.05, 0.1) is 13.2 Å².